The number of imidazole rings is 1. The van der Waals surface area contributed by atoms with Gasteiger partial charge in [0.05, 0.1) is 35.8 Å². The van der Waals surface area contributed by atoms with Crippen molar-refractivity contribution < 1.29 is 9.18 Å². The van der Waals surface area contributed by atoms with E-state index in [1.54, 1.807) is 41.3 Å². The van der Waals surface area contributed by atoms with E-state index in [4.69, 9.17) is 0 Å². The van der Waals surface area contributed by atoms with Gasteiger partial charge in [-0.25, -0.2) is 9.37 Å². The number of carbonyl (C=O) groups excluding carboxylic acids is 1. The molecule has 1 aliphatic rings. The number of nitrogens with one attached hydrogen (secondary N) is 1. The molecule has 0 saturated heterocycles. The quantitative estimate of drug-likeness (QED) is 0.573. The Kier molecular flexibility index (Phi) is 3.93. The Bertz CT molecular complexity index is 1170. The second-order valence-corrected chi connectivity index (χ2v) is 7.06. The van der Waals surface area contributed by atoms with Crippen LogP contribution in [0.1, 0.15) is 34.8 Å². The van der Waals surface area contributed by atoms with E-state index in [0.717, 1.165) is 11.0 Å². The van der Waals surface area contributed by atoms with Crippen molar-refractivity contribution in [2.24, 2.45) is 0 Å². The summed E-state index contributed by atoms with van der Waals surface area (Å²) in [7, 11) is 0. The highest BCUT2D eigenvalue weighted by atomic mass is 19.1. The van der Waals surface area contributed by atoms with Crippen molar-refractivity contribution in [1.82, 2.24) is 19.3 Å². The second kappa shape index (κ2) is 6.60. The number of hydrogen-bond acceptors (Lipinski definition) is 3. The zero-order valence-corrected chi connectivity index (χ0v) is 15.0. The van der Waals surface area contributed by atoms with E-state index >= 15 is 0 Å². The molecule has 0 spiro atoms. The number of rotatable bonds is 5. The molecule has 2 aromatic heterocycles. The molecule has 0 bridgehead atoms. The highest BCUT2D eigenvalue weighted by Gasteiger charge is 2.25. The summed E-state index contributed by atoms with van der Waals surface area (Å²) in [6.45, 7) is 0.299. The molecule has 0 atom stereocenters. The standard InChI is InChI=1S/C21H18FN5O/c22-18-4-2-1-3-15(18)11-26-12-16(10-24-26)25-21(28)14-5-8-20-19(9-14)23-13-27(20)17-6-7-17/h1-5,8-10,12-13,17H,6-7,11H2,(H,25,28). The van der Waals surface area contributed by atoms with Crippen molar-refractivity contribution in [2.45, 2.75) is 25.4 Å². The molecule has 1 amide bonds. The van der Waals surface area contributed by atoms with Crippen LogP contribution in [0.5, 0.6) is 0 Å². The van der Waals surface area contributed by atoms with Crippen molar-refractivity contribution in [3.8, 4) is 0 Å². The molecule has 2 heterocycles. The van der Waals surface area contributed by atoms with E-state index in [0.29, 0.717) is 29.4 Å². The van der Waals surface area contributed by atoms with E-state index in [-0.39, 0.29) is 11.7 Å². The molecular formula is C21H18FN5O. The number of hydrogen-bond donors (Lipinski definition) is 1. The van der Waals surface area contributed by atoms with Gasteiger partial charge in [0.1, 0.15) is 5.82 Å². The Morgan fingerprint density at radius 1 is 1.21 bits per heavy atom. The van der Waals surface area contributed by atoms with Crippen LogP contribution in [0.3, 0.4) is 0 Å². The van der Waals surface area contributed by atoms with Gasteiger partial charge in [-0.05, 0) is 37.1 Å². The lowest BCUT2D eigenvalue weighted by Crippen LogP contribution is -2.11. The van der Waals surface area contributed by atoms with Crippen molar-refractivity contribution in [2.75, 3.05) is 5.32 Å². The predicted octanol–water partition coefficient (Wildman–Crippen LogP) is 4.01. The number of anilines is 1. The summed E-state index contributed by atoms with van der Waals surface area (Å²) in [5.74, 6) is -0.504. The number of fused-ring (bicyclic) bond motifs is 1. The number of nitrogens with zero attached hydrogens (tertiary/aromatic N) is 4. The maximum absolute atomic E-state index is 13.8. The lowest BCUT2D eigenvalue weighted by Gasteiger charge is -2.05. The molecule has 140 valence electrons. The number of aromatic nitrogens is 4. The van der Waals surface area contributed by atoms with Crippen LogP contribution in [0.15, 0.2) is 61.2 Å². The predicted molar refractivity (Wildman–Crippen MR) is 104 cm³/mol. The van der Waals surface area contributed by atoms with Crippen molar-refractivity contribution in [3.63, 3.8) is 0 Å². The molecule has 5 rings (SSSR count). The van der Waals surface area contributed by atoms with Crippen molar-refractivity contribution in [3.05, 3.63) is 78.1 Å². The fourth-order valence-corrected chi connectivity index (χ4v) is 3.34. The minimum atomic E-state index is -0.275. The van der Waals surface area contributed by atoms with Gasteiger partial charge in [-0.2, -0.15) is 5.10 Å². The summed E-state index contributed by atoms with van der Waals surface area (Å²) in [6.07, 6.45) is 7.45. The van der Waals surface area contributed by atoms with Crippen molar-refractivity contribution >= 4 is 22.6 Å². The Labute approximate surface area is 160 Å². The van der Waals surface area contributed by atoms with E-state index in [9.17, 15) is 9.18 Å². The molecule has 0 unspecified atom stereocenters. The number of benzene rings is 2. The molecule has 1 saturated carbocycles. The molecule has 1 fully saturated rings. The van der Waals surface area contributed by atoms with Gasteiger partial charge < -0.3 is 9.88 Å². The van der Waals surface area contributed by atoms with Crippen LogP contribution in [0.4, 0.5) is 10.1 Å². The van der Waals surface area contributed by atoms with Crippen LogP contribution in [-0.4, -0.2) is 25.2 Å². The highest BCUT2D eigenvalue weighted by molar-refractivity contribution is 6.05. The zero-order valence-electron chi connectivity index (χ0n) is 15.0. The lowest BCUT2D eigenvalue weighted by atomic mass is 10.2. The Morgan fingerprint density at radius 3 is 2.89 bits per heavy atom. The minimum absolute atomic E-state index is 0.228. The molecule has 2 aromatic carbocycles. The smallest absolute Gasteiger partial charge is 0.255 e. The molecular weight excluding hydrogens is 357 g/mol. The first kappa shape index (κ1) is 16.7. The third kappa shape index (κ3) is 3.15. The first-order valence-electron chi connectivity index (χ1n) is 9.21. The largest absolute Gasteiger partial charge is 0.327 e. The summed E-state index contributed by atoms with van der Waals surface area (Å²) >= 11 is 0. The third-order valence-corrected chi connectivity index (χ3v) is 4.96. The first-order valence-corrected chi connectivity index (χ1v) is 9.21. The van der Waals surface area contributed by atoms with E-state index in [2.05, 4.69) is 20.0 Å². The van der Waals surface area contributed by atoms with Gasteiger partial charge in [-0.1, -0.05) is 18.2 Å². The normalized spacial score (nSPS) is 13.8. The Balaban J connectivity index is 1.31. The van der Waals surface area contributed by atoms with Gasteiger partial charge in [0.2, 0.25) is 0 Å². The maximum Gasteiger partial charge on any atom is 0.255 e. The number of halogens is 1. The molecule has 1 aliphatic carbocycles. The lowest BCUT2D eigenvalue weighted by molar-refractivity contribution is 0.102. The molecule has 0 aliphatic heterocycles. The molecule has 1 N–H and O–H groups in total. The van der Waals surface area contributed by atoms with Crippen LogP contribution < -0.4 is 5.32 Å². The SMILES string of the molecule is O=C(Nc1cnn(Cc2ccccc2F)c1)c1ccc2c(c1)ncn2C1CC1. The van der Waals surface area contributed by atoms with Crippen LogP contribution in [0, 0.1) is 5.82 Å². The monoisotopic (exact) mass is 375 g/mol. The third-order valence-electron chi connectivity index (χ3n) is 4.96. The Hall–Kier alpha value is -3.48. The van der Waals surface area contributed by atoms with Crippen LogP contribution in [0.25, 0.3) is 11.0 Å². The number of carbonyl (C=O) groups is 1. The van der Waals surface area contributed by atoms with Gasteiger partial charge in [0, 0.05) is 23.4 Å². The summed E-state index contributed by atoms with van der Waals surface area (Å²) < 4.78 is 17.5. The first-order chi connectivity index (χ1) is 13.7. The fourth-order valence-electron chi connectivity index (χ4n) is 3.34. The second-order valence-electron chi connectivity index (χ2n) is 7.06. The Morgan fingerprint density at radius 2 is 2.07 bits per heavy atom. The zero-order chi connectivity index (χ0) is 19.1. The highest BCUT2D eigenvalue weighted by Crippen LogP contribution is 2.37. The number of amides is 1. The van der Waals surface area contributed by atoms with Gasteiger partial charge >= 0.3 is 0 Å². The van der Waals surface area contributed by atoms with E-state index in [1.165, 1.54) is 18.9 Å². The summed E-state index contributed by atoms with van der Waals surface area (Å²) in [5.41, 5.74) is 3.51. The van der Waals surface area contributed by atoms with Gasteiger partial charge in [0.15, 0.2) is 0 Å². The van der Waals surface area contributed by atoms with Crippen LogP contribution in [0.2, 0.25) is 0 Å². The van der Waals surface area contributed by atoms with E-state index < -0.39 is 0 Å². The minimum Gasteiger partial charge on any atom is -0.327 e. The van der Waals surface area contributed by atoms with Crippen LogP contribution >= 0.6 is 0 Å². The average Bonchev–Trinajstić information content (AvgIpc) is 3.30. The average molecular weight is 375 g/mol. The van der Waals surface area contributed by atoms with Crippen molar-refractivity contribution in [1.29, 1.82) is 0 Å². The van der Waals surface area contributed by atoms with Crippen LogP contribution in [-0.2, 0) is 6.54 Å². The van der Waals surface area contributed by atoms with E-state index in [1.807, 2.05) is 18.5 Å². The van der Waals surface area contributed by atoms with Gasteiger partial charge in [0.25, 0.3) is 5.91 Å². The molecule has 4 aromatic rings. The molecule has 28 heavy (non-hydrogen) atoms. The fraction of sp³-hybridized carbons (Fsp3) is 0.190. The maximum atomic E-state index is 13.8. The molecule has 6 nitrogen and oxygen atoms in total. The molecule has 7 heteroatoms. The molecule has 0 radical (unpaired) electrons. The summed E-state index contributed by atoms with van der Waals surface area (Å²) in [6, 6.07) is 12.7. The topological polar surface area (TPSA) is 64.7 Å². The summed E-state index contributed by atoms with van der Waals surface area (Å²) in [4.78, 5) is 17.0. The van der Waals surface area contributed by atoms with Gasteiger partial charge in [-0.3, -0.25) is 9.48 Å². The summed E-state index contributed by atoms with van der Waals surface area (Å²) in [5, 5.41) is 7.03. The van der Waals surface area contributed by atoms with Gasteiger partial charge in [-0.15, -0.1) is 0 Å².